The zero-order valence-electron chi connectivity index (χ0n) is 11.8. The Labute approximate surface area is 105 Å². The van der Waals surface area contributed by atoms with E-state index in [9.17, 15) is 5.11 Å². The third kappa shape index (κ3) is 3.45. The van der Waals surface area contributed by atoms with Crippen LogP contribution in [0.3, 0.4) is 0 Å². The summed E-state index contributed by atoms with van der Waals surface area (Å²) in [4.78, 5) is 4.22. The lowest BCUT2D eigenvalue weighted by Crippen LogP contribution is -2.15. The van der Waals surface area contributed by atoms with Crippen LogP contribution in [0.1, 0.15) is 22.3 Å². The summed E-state index contributed by atoms with van der Waals surface area (Å²) >= 11 is 0. The van der Waals surface area contributed by atoms with Gasteiger partial charge in [0.1, 0.15) is 5.75 Å². The van der Waals surface area contributed by atoms with Crippen LogP contribution >= 0.6 is 0 Å². The Balaban J connectivity index is 3.19. The normalized spacial score (nSPS) is 11.5. The van der Waals surface area contributed by atoms with E-state index < -0.39 is 0 Å². The van der Waals surface area contributed by atoms with E-state index in [1.165, 1.54) is 11.1 Å². The fraction of sp³-hybridized carbons (Fsp3) is 0.571. The Hall–Kier alpha value is -1.06. The molecule has 0 bridgehead atoms. The fourth-order valence-electron chi connectivity index (χ4n) is 2.01. The van der Waals surface area contributed by atoms with Gasteiger partial charge in [0, 0.05) is 18.7 Å². The van der Waals surface area contributed by atoms with E-state index in [0.717, 1.165) is 24.2 Å². The van der Waals surface area contributed by atoms with Gasteiger partial charge in [-0.1, -0.05) is 0 Å². The van der Waals surface area contributed by atoms with Crippen molar-refractivity contribution in [1.29, 1.82) is 0 Å². The van der Waals surface area contributed by atoms with Crippen LogP contribution in [0, 0.1) is 13.8 Å². The van der Waals surface area contributed by atoms with Crippen molar-refractivity contribution in [3.05, 3.63) is 28.3 Å². The van der Waals surface area contributed by atoms with E-state index in [0.29, 0.717) is 5.75 Å². The van der Waals surface area contributed by atoms with Crippen molar-refractivity contribution >= 4 is 0 Å². The van der Waals surface area contributed by atoms with Crippen molar-refractivity contribution in [3.8, 4) is 5.75 Å². The molecule has 0 aromatic heterocycles. The molecule has 0 spiro atoms. The topological polar surface area (TPSA) is 26.7 Å². The van der Waals surface area contributed by atoms with Gasteiger partial charge >= 0.3 is 0 Å². The first kappa shape index (κ1) is 14.0. The minimum atomic E-state index is 0.443. The average Bonchev–Trinajstić information content (AvgIpc) is 2.20. The lowest BCUT2D eigenvalue weighted by Gasteiger charge is -2.19. The SMILES string of the molecule is Cc1c(CN(C)C)cc(CN(C)C)c(O)c1C. The number of hydrogen-bond donors (Lipinski definition) is 1. The number of aromatic hydroxyl groups is 1. The monoisotopic (exact) mass is 236 g/mol. The molecule has 0 heterocycles. The maximum atomic E-state index is 10.1. The molecule has 1 rings (SSSR count). The smallest absolute Gasteiger partial charge is 0.123 e. The zero-order chi connectivity index (χ0) is 13.2. The van der Waals surface area contributed by atoms with Crippen LogP contribution in [0.15, 0.2) is 6.07 Å². The lowest BCUT2D eigenvalue weighted by atomic mass is 9.97. The first-order valence-electron chi connectivity index (χ1n) is 5.93. The highest BCUT2D eigenvalue weighted by atomic mass is 16.3. The standard InChI is InChI=1S/C14H24N2O/c1-10-11(2)14(17)13(9-16(5)6)7-12(10)8-15(3)4/h7,17H,8-9H2,1-6H3. The first-order chi connectivity index (χ1) is 7.82. The highest BCUT2D eigenvalue weighted by Crippen LogP contribution is 2.29. The Kier molecular flexibility index (Phi) is 4.54. The molecule has 1 aromatic rings. The highest BCUT2D eigenvalue weighted by molar-refractivity contribution is 5.48. The van der Waals surface area contributed by atoms with Gasteiger partial charge in [0.05, 0.1) is 0 Å². The molecule has 17 heavy (non-hydrogen) atoms. The van der Waals surface area contributed by atoms with Gasteiger partial charge in [-0.15, -0.1) is 0 Å². The Morgan fingerprint density at radius 1 is 0.882 bits per heavy atom. The molecule has 0 aliphatic rings. The van der Waals surface area contributed by atoms with Gasteiger partial charge in [-0.3, -0.25) is 0 Å². The summed E-state index contributed by atoms with van der Waals surface area (Å²) in [6, 6.07) is 2.12. The Bertz CT molecular complexity index is 363. The molecule has 0 atom stereocenters. The minimum absolute atomic E-state index is 0.443. The summed E-state index contributed by atoms with van der Waals surface area (Å²) in [7, 11) is 8.15. The number of phenolic OH excluding ortho intramolecular Hbond substituents is 1. The summed E-state index contributed by atoms with van der Waals surface area (Å²) in [5.41, 5.74) is 4.50. The van der Waals surface area contributed by atoms with Gasteiger partial charge in [0.15, 0.2) is 0 Å². The van der Waals surface area contributed by atoms with E-state index in [1.807, 2.05) is 21.0 Å². The van der Waals surface area contributed by atoms with Crippen LogP contribution in [-0.4, -0.2) is 43.1 Å². The summed E-state index contributed by atoms with van der Waals surface area (Å²) in [6.45, 7) is 5.75. The molecule has 3 heteroatoms. The summed E-state index contributed by atoms with van der Waals surface area (Å²) < 4.78 is 0. The van der Waals surface area contributed by atoms with Crippen molar-refractivity contribution in [2.75, 3.05) is 28.2 Å². The van der Waals surface area contributed by atoms with Crippen LogP contribution in [0.5, 0.6) is 5.75 Å². The molecular formula is C14H24N2O. The second-order valence-electron chi connectivity index (χ2n) is 5.27. The van der Waals surface area contributed by atoms with E-state index in [1.54, 1.807) is 0 Å². The second-order valence-corrected chi connectivity index (χ2v) is 5.27. The molecular weight excluding hydrogens is 212 g/mol. The molecule has 0 aliphatic heterocycles. The van der Waals surface area contributed by atoms with Crippen molar-refractivity contribution < 1.29 is 5.11 Å². The lowest BCUT2D eigenvalue weighted by molar-refractivity contribution is 0.380. The number of benzene rings is 1. The quantitative estimate of drug-likeness (QED) is 0.867. The van der Waals surface area contributed by atoms with E-state index in [2.05, 4.69) is 36.9 Å². The summed E-state index contributed by atoms with van der Waals surface area (Å²) in [6.07, 6.45) is 0. The number of nitrogens with zero attached hydrogens (tertiary/aromatic N) is 2. The van der Waals surface area contributed by atoms with Crippen molar-refractivity contribution in [2.24, 2.45) is 0 Å². The molecule has 0 saturated heterocycles. The van der Waals surface area contributed by atoms with Crippen molar-refractivity contribution in [3.63, 3.8) is 0 Å². The van der Waals surface area contributed by atoms with Crippen LogP contribution in [-0.2, 0) is 13.1 Å². The Morgan fingerprint density at radius 3 is 1.82 bits per heavy atom. The van der Waals surface area contributed by atoms with Crippen molar-refractivity contribution in [2.45, 2.75) is 26.9 Å². The van der Waals surface area contributed by atoms with E-state index >= 15 is 0 Å². The van der Waals surface area contributed by atoms with Gasteiger partial charge in [-0.25, -0.2) is 0 Å². The fourth-order valence-corrected chi connectivity index (χ4v) is 2.01. The second kappa shape index (κ2) is 5.52. The van der Waals surface area contributed by atoms with Crippen LogP contribution in [0.4, 0.5) is 0 Å². The maximum Gasteiger partial charge on any atom is 0.123 e. The van der Waals surface area contributed by atoms with E-state index in [4.69, 9.17) is 0 Å². The highest BCUT2D eigenvalue weighted by Gasteiger charge is 2.12. The van der Waals surface area contributed by atoms with Gasteiger partial charge < -0.3 is 14.9 Å². The third-order valence-electron chi connectivity index (χ3n) is 3.03. The minimum Gasteiger partial charge on any atom is -0.507 e. The van der Waals surface area contributed by atoms with Crippen LogP contribution < -0.4 is 0 Å². The number of phenols is 1. The van der Waals surface area contributed by atoms with Gasteiger partial charge in [0.25, 0.3) is 0 Å². The molecule has 0 unspecified atom stereocenters. The molecule has 0 saturated carbocycles. The van der Waals surface area contributed by atoms with Gasteiger partial charge in [-0.2, -0.15) is 0 Å². The number of hydrogen-bond acceptors (Lipinski definition) is 3. The first-order valence-corrected chi connectivity index (χ1v) is 5.93. The summed E-state index contributed by atoms with van der Waals surface area (Å²) in [5.74, 6) is 0.443. The third-order valence-corrected chi connectivity index (χ3v) is 3.03. The molecule has 1 aromatic carbocycles. The Morgan fingerprint density at radius 2 is 1.35 bits per heavy atom. The van der Waals surface area contributed by atoms with E-state index in [-0.39, 0.29) is 0 Å². The van der Waals surface area contributed by atoms with Crippen LogP contribution in [0.2, 0.25) is 0 Å². The largest absolute Gasteiger partial charge is 0.507 e. The molecule has 3 nitrogen and oxygen atoms in total. The predicted octanol–water partition coefficient (Wildman–Crippen LogP) is 2.13. The predicted molar refractivity (Wildman–Crippen MR) is 72.4 cm³/mol. The molecule has 0 radical (unpaired) electrons. The summed E-state index contributed by atoms with van der Waals surface area (Å²) in [5, 5.41) is 10.1. The van der Waals surface area contributed by atoms with Crippen LogP contribution in [0.25, 0.3) is 0 Å². The van der Waals surface area contributed by atoms with Gasteiger partial charge in [-0.05, 0) is 64.8 Å². The molecule has 96 valence electrons. The molecule has 0 fully saturated rings. The molecule has 0 amide bonds. The molecule has 1 N–H and O–H groups in total. The zero-order valence-corrected chi connectivity index (χ0v) is 11.8. The molecule has 0 aliphatic carbocycles. The van der Waals surface area contributed by atoms with Gasteiger partial charge in [0.2, 0.25) is 0 Å². The van der Waals surface area contributed by atoms with Crippen molar-refractivity contribution in [1.82, 2.24) is 9.80 Å². The number of rotatable bonds is 4. The maximum absolute atomic E-state index is 10.1. The average molecular weight is 236 g/mol.